The fourth-order valence-corrected chi connectivity index (χ4v) is 4.18. The Labute approximate surface area is 151 Å². The molecule has 1 saturated heterocycles. The quantitative estimate of drug-likeness (QED) is 0.873. The lowest BCUT2D eigenvalue weighted by atomic mass is 10.1. The van der Waals surface area contributed by atoms with Crippen molar-refractivity contribution in [3.63, 3.8) is 0 Å². The number of rotatable bonds is 4. The Hall–Kier alpha value is -2.15. The van der Waals surface area contributed by atoms with E-state index in [9.17, 15) is 9.59 Å². The van der Waals surface area contributed by atoms with Crippen molar-refractivity contribution in [2.45, 2.75) is 51.6 Å². The highest BCUT2D eigenvalue weighted by Crippen LogP contribution is 2.28. The third-order valence-electron chi connectivity index (χ3n) is 5.67. The van der Waals surface area contributed by atoms with E-state index in [-0.39, 0.29) is 0 Å². The SMILES string of the molecule is Cc1cc2c(=O)[nH]c(=O)[nH]c2nc1N1CCC(OCC2CCCC2)CC1. The van der Waals surface area contributed by atoms with Crippen molar-refractivity contribution in [3.8, 4) is 0 Å². The van der Waals surface area contributed by atoms with E-state index in [0.717, 1.165) is 49.8 Å². The number of aromatic nitrogens is 3. The Morgan fingerprint density at radius 2 is 1.88 bits per heavy atom. The molecule has 1 aliphatic heterocycles. The van der Waals surface area contributed by atoms with Gasteiger partial charge in [-0.25, -0.2) is 9.78 Å². The number of ether oxygens (including phenoxy) is 1. The van der Waals surface area contributed by atoms with Crippen LogP contribution in [0.4, 0.5) is 5.82 Å². The van der Waals surface area contributed by atoms with Crippen molar-refractivity contribution in [1.29, 1.82) is 0 Å². The van der Waals surface area contributed by atoms with E-state index in [1.165, 1.54) is 25.7 Å². The van der Waals surface area contributed by atoms with Gasteiger partial charge in [0, 0.05) is 19.7 Å². The average molecular weight is 358 g/mol. The smallest absolute Gasteiger partial charge is 0.327 e. The number of nitrogens with zero attached hydrogens (tertiary/aromatic N) is 2. The van der Waals surface area contributed by atoms with Crippen molar-refractivity contribution >= 4 is 16.9 Å². The van der Waals surface area contributed by atoms with Crippen LogP contribution in [0.15, 0.2) is 15.7 Å². The first kappa shape index (κ1) is 17.3. The number of hydrogen-bond acceptors (Lipinski definition) is 5. The largest absolute Gasteiger partial charge is 0.378 e. The minimum atomic E-state index is -0.524. The number of nitrogens with one attached hydrogen (secondary N) is 2. The summed E-state index contributed by atoms with van der Waals surface area (Å²) in [5.41, 5.74) is 0.369. The fraction of sp³-hybridized carbons (Fsp3) is 0.632. The van der Waals surface area contributed by atoms with E-state index in [2.05, 4.69) is 19.9 Å². The summed E-state index contributed by atoms with van der Waals surface area (Å²) in [4.78, 5) is 35.1. The monoisotopic (exact) mass is 358 g/mol. The van der Waals surface area contributed by atoms with Crippen molar-refractivity contribution in [1.82, 2.24) is 15.0 Å². The first-order chi connectivity index (χ1) is 12.6. The second-order valence-corrected chi connectivity index (χ2v) is 7.60. The zero-order valence-electron chi connectivity index (χ0n) is 15.2. The van der Waals surface area contributed by atoms with Crippen LogP contribution in [0.5, 0.6) is 0 Å². The summed E-state index contributed by atoms with van der Waals surface area (Å²) >= 11 is 0. The predicted molar refractivity (Wildman–Crippen MR) is 101 cm³/mol. The third-order valence-corrected chi connectivity index (χ3v) is 5.67. The molecule has 3 heterocycles. The molecule has 0 radical (unpaired) electrons. The summed E-state index contributed by atoms with van der Waals surface area (Å²) in [5.74, 6) is 1.60. The minimum absolute atomic E-state index is 0.329. The number of anilines is 1. The van der Waals surface area contributed by atoms with Gasteiger partial charge in [0.25, 0.3) is 5.56 Å². The normalized spacial score (nSPS) is 19.5. The number of fused-ring (bicyclic) bond motifs is 1. The maximum absolute atomic E-state index is 11.9. The van der Waals surface area contributed by atoms with Crippen LogP contribution in [0, 0.1) is 12.8 Å². The molecule has 26 heavy (non-hydrogen) atoms. The molecule has 0 amide bonds. The lowest BCUT2D eigenvalue weighted by Gasteiger charge is -2.34. The number of hydrogen-bond donors (Lipinski definition) is 2. The molecule has 1 aliphatic carbocycles. The van der Waals surface area contributed by atoms with Crippen LogP contribution in [0.3, 0.4) is 0 Å². The van der Waals surface area contributed by atoms with Gasteiger partial charge in [-0.05, 0) is 50.2 Å². The minimum Gasteiger partial charge on any atom is -0.378 e. The van der Waals surface area contributed by atoms with Crippen LogP contribution in [0.25, 0.3) is 11.0 Å². The molecule has 140 valence electrons. The van der Waals surface area contributed by atoms with Gasteiger partial charge in [0.2, 0.25) is 0 Å². The highest BCUT2D eigenvalue weighted by molar-refractivity contribution is 5.77. The third kappa shape index (κ3) is 3.53. The first-order valence-electron chi connectivity index (χ1n) is 9.60. The molecule has 2 aromatic rings. The van der Waals surface area contributed by atoms with Crippen molar-refractivity contribution < 1.29 is 4.74 Å². The van der Waals surface area contributed by atoms with Gasteiger partial charge in [-0.1, -0.05) is 12.8 Å². The van der Waals surface area contributed by atoms with E-state index in [1.54, 1.807) is 6.07 Å². The molecule has 0 unspecified atom stereocenters. The average Bonchev–Trinajstić information content (AvgIpc) is 3.14. The molecule has 4 rings (SSSR count). The summed E-state index contributed by atoms with van der Waals surface area (Å²) in [6.07, 6.45) is 7.63. The highest BCUT2D eigenvalue weighted by atomic mass is 16.5. The molecular weight excluding hydrogens is 332 g/mol. The summed E-state index contributed by atoms with van der Waals surface area (Å²) in [6.45, 7) is 4.61. The van der Waals surface area contributed by atoms with Gasteiger partial charge >= 0.3 is 5.69 Å². The van der Waals surface area contributed by atoms with E-state index < -0.39 is 11.2 Å². The van der Waals surface area contributed by atoms with Crippen molar-refractivity contribution in [2.75, 3.05) is 24.6 Å². The molecule has 2 aliphatic rings. The first-order valence-corrected chi connectivity index (χ1v) is 9.60. The molecule has 0 spiro atoms. The van der Waals surface area contributed by atoms with Crippen LogP contribution in [-0.2, 0) is 4.74 Å². The van der Waals surface area contributed by atoms with Crippen molar-refractivity contribution in [2.24, 2.45) is 5.92 Å². The molecule has 0 bridgehead atoms. The van der Waals surface area contributed by atoms with Gasteiger partial charge in [-0.3, -0.25) is 14.8 Å². The van der Waals surface area contributed by atoms with Crippen LogP contribution >= 0.6 is 0 Å². The van der Waals surface area contributed by atoms with Gasteiger partial charge in [-0.15, -0.1) is 0 Å². The van der Waals surface area contributed by atoms with Crippen LogP contribution in [0.1, 0.15) is 44.1 Å². The van der Waals surface area contributed by atoms with Crippen molar-refractivity contribution in [3.05, 3.63) is 32.5 Å². The second-order valence-electron chi connectivity index (χ2n) is 7.60. The number of piperidine rings is 1. The molecule has 2 N–H and O–H groups in total. The lowest BCUT2D eigenvalue weighted by molar-refractivity contribution is 0.0164. The summed E-state index contributed by atoms with van der Waals surface area (Å²) in [6, 6.07) is 1.80. The van der Waals surface area contributed by atoms with Gasteiger partial charge in [0.15, 0.2) is 0 Å². The highest BCUT2D eigenvalue weighted by Gasteiger charge is 2.24. The lowest BCUT2D eigenvalue weighted by Crippen LogP contribution is -2.38. The number of aryl methyl sites for hydroxylation is 1. The summed E-state index contributed by atoms with van der Waals surface area (Å²) in [5, 5.41) is 0.417. The molecule has 0 atom stereocenters. The molecule has 2 aromatic heterocycles. The van der Waals surface area contributed by atoms with Gasteiger partial charge in [-0.2, -0.15) is 0 Å². The molecular formula is C19H26N4O3. The Bertz CT molecular complexity index is 890. The second kappa shape index (κ2) is 7.23. The Balaban J connectivity index is 1.44. The number of H-pyrrole nitrogens is 2. The summed E-state index contributed by atoms with van der Waals surface area (Å²) < 4.78 is 6.14. The predicted octanol–water partition coefficient (Wildman–Crippen LogP) is 2.10. The topological polar surface area (TPSA) is 91.1 Å². The van der Waals surface area contributed by atoms with Crippen LogP contribution in [-0.4, -0.2) is 40.8 Å². The zero-order valence-corrected chi connectivity index (χ0v) is 15.2. The van der Waals surface area contributed by atoms with Gasteiger partial charge in [0.1, 0.15) is 11.5 Å². The van der Waals surface area contributed by atoms with Gasteiger partial charge < -0.3 is 9.64 Å². The van der Waals surface area contributed by atoms with Gasteiger partial charge in [0.05, 0.1) is 11.5 Å². The Morgan fingerprint density at radius 3 is 2.62 bits per heavy atom. The summed E-state index contributed by atoms with van der Waals surface area (Å²) in [7, 11) is 0. The fourth-order valence-electron chi connectivity index (χ4n) is 4.18. The molecule has 7 nitrogen and oxygen atoms in total. The van der Waals surface area contributed by atoms with Crippen LogP contribution < -0.4 is 16.1 Å². The molecule has 0 aromatic carbocycles. The molecule has 7 heteroatoms. The standard InChI is InChI=1S/C19H26N4O3/c1-12-10-15-16(21-19(25)22-18(15)24)20-17(12)23-8-6-14(7-9-23)26-11-13-4-2-3-5-13/h10,13-14H,2-9,11H2,1H3,(H2,20,21,22,24,25). The maximum atomic E-state index is 11.9. The van der Waals surface area contributed by atoms with E-state index in [4.69, 9.17) is 4.74 Å². The van der Waals surface area contributed by atoms with Crippen LogP contribution in [0.2, 0.25) is 0 Å². The number of pyridine rings is 1. The van der Waals surface area contributed by atoms with E-state index in [0.29, 0.717) is 17.1 Å². The maximum Gasteiger partial charge on any atom is 0.327 e. The molecule has 1 saturated carbocycles. The zero-order chi connectivity index (χ0) is 18.1. The van der Waals surface area contributed by atoms with E-state index >= 15 is 0 Å². The van der Waals surface area contributed by atoms with E-state index in [1.807, 2.05) is 6.92 Å². The molecule has 2 fully saturated rings. The number of aromatic amines is 2. The Morgan fingerprint density at radius 1 is 1.15 bits per heavy atom. The Kier molecular flexibility index (Phi) is 4.80.